The summed E-state index contributed by atoms with van der Waals surface area (Å²) in [4.78, 5) is 32.8. The van der Waals surface area contributed by atoms with E-state index in [2.05, 4.69) is 41.0 Å². The summed E-state index contributed by atoms with van der Waals surface area (Å²) in [6.45, 7) is 0. The Morgan fingerprint density at radius 2 is 1.05 bits per heavy atom. The summed E-state index contributed by atoms with van der Waals surface area (Å²) < 4.78 is 0. The minimum Gasteiger partial charge on any atom is -0.309 e. The summed E-state index contributed by atoms with van der Waals surface area (Å²) in [7, 11) is 0. The van der Waals surface area contributed by atoms with Crippen molar-refractivity contribution in [2.24, 2.45) is 0 Å². The molecule has 0 radical (unpaired) electrons. The molecule has 4 heterocycles. The van der Waals surface area contributed by atoms with Crippen molar-refractivity contribution in [3.8, 4) is 0 Å². The molecular formula is C28H28N8O2. The Morgan fingerprint density at radius 3 is 1.39 bits per heavy atom. The van der Waals surface area contributed by atoms with Gasteiger partial charge in [-0.1, -0.05) is 12.1 Å². The Bertz CT molecular complexity index is 1230. The first kappa shape index (κ1) is 25.1. The summed E-state index contributed by atoms with van der Waals surface area (Å²) in [6, 6.07) is 18.5. The Kier molecular flexibility index (Phi) is 7.98. The van der Waals surface area contributed by atoms with Gasteiger partial charge < -0.3 is 10.6 Å². The van der Waals surface area contributed by atoms with E-state index in [1.54, 1.807) is 24.5 Å². The fraction of sp³-hybridized carbons (Fsp3) is 0.286. The van der Waals surface area contributed by atoms with Crippen LogP contribution in [-0.4, -0.2) is 42.2 Å². The summed E-state index contributed by atoms with van der Waals surface area (Å²) >= 11 is 0. The molecule has 10 nitrogen and oxygen atoms in total. The second-order valence-corrected chi connectivity index (χ2v) is 9.33. The largest absolute Gasteiger partial charge is 0.309 e. The maximum atomic E-state index is 12.2. The Morgan fingerprint density at radius 1 is 0.605 bits per heavy atom. The highest BCUT2D eigenvalue weighted by atomic mass is 16.2. The molecule has 2 N–H and O–H groups in total. The van der Waals surface area contributed by atoms with Crippen molar-refractivity contribution in [2.45, 2.75) is 50.4 Å². The van der Waals surface area contributed by atoms with E-state index in [0.29, 0.717) is 34.9 Å². The average Bonchev–Trinajstić information content (AvgIpc) is 2.95. The van der Waals surface area contributed by atoms with Gasteiger partial charge in [-0.2, -0.15) is 10.2 Å². The van der Waals surface area contributed by atoms with Crippen LogP contribution in [0.5, 0.6) is 0 Å². The molecule has 1 aliphatic carbocycles. The number of carbonyl (C=O) groups is 2. The molecule has 5 rings (SSSR count). The number of nitrogens with zero attached hydrogens (tertiary/aromatic N) is 6. The molecule has 0 aromatic carbocycles. The van der Waals surface area contributed by atoms with Gasteiger partial charge in [-0.25, -0.2) is 0 Å². The molecule has 1 fully saturated rings. The molecule has 0 spiro atoms. The number of pyridine rings is 2. The third-order valence-corrected chi connectivity index (χ3v) is 6.60. The fourth-order valence-corrected chi connectivity index (χ4v) is 4.65. The van der Waals surface area contributed by atoms with Gasteiger partial charge in [-0.15, -0.1) is 10.2 Å². The highest BCUT2D eigenvalue weighted by Gasteiger charge is 2.26. The molecule has 0 atom stereocenters. The lowest BCUT2D eigenvalue weighted by Gasteiger charge is -2.27. The second kappa shape index (κ2) is 12.1. The number of amides is 2. The van der Waals surface area contributed by atoms with Crippen molar-refractivity contribution in [2.75, 3.05) is 10.6 Å². The number of hydrogen-bond acceptors (Lipinski definition) is 8. The number of nitrogens with one attached hydrogen (secondary N) is 2. The van der Waals surface area contributed by atoms with Crippen LogP contribution in [0.2, 0.25) is 0 Å². The Balaban J connectivity index is 1.08. The van der Waals surface area contributed by atoms with Crippen LogP contribution in [-0.2, 0) is 22.4 Å². The van der Waals surface area contributed by atoms with Crippen LogP contribution in [0.15, 0.2) is 73.1 Å². The molecule has 0 bridgehead atoms. The Hall–Kier alpha value is -4.60. The molecule has 0 aliphatic heterocycles. The minimum atomic E-state index is -0.175. The highest BCUT2D eigenvalue weighted by molar-refractivity contribution is 5.91. The van der Waals surface area contributed by atoms with Crippen LogP contribution in [0.1, 0.15) is 60.3 Å². The van der Waals surface area contributed by atoms with Crippen LogP contribution in [0.3, 0.4) is 0 Å². The van der Waals surface area contributed by atoms with Crippen molar-refractivity contribution in [3.05, 3.63) is 95.8 Å². The normalized spacial score (nSPS) is 16.9. The molecule has 2 amide bonds. The van der Waals surface area contributed by atoms with Crippen LogP contribution >= 0.6 is 0 Å². The van der Waals surface area contributed by atoms with E-state index in [1.165, 1.54) is 0 Å². The molecule has 1 saturated carbocycles. The zero-order valence-corrected chi connectivity index (χ0v) is 20.8. The first-order valence-electron chi connectivity index (χ1n) is 12.7. The summed E-state index contributed by atoms with van der Waals surface area (Å²) in [5.41, 5.74) is 3.28. The highest BCUT2D eigenvalue weighted by Crippen LogP contribution is 2.39. The van der Waals surface area contributed by atoms with E-state index in [-0.39, 0.29) is 24.7 Å². The molecular weight excluding hydrogens is 480 g/mol. The maximum Gasteiger partial charge on any atom is 0.231 e. The van der Waals surface area contributed by atoms with Gasteiger partial charge in [0, 0.05) is 35.6 Å². The van der Waals surface area contributed by atoms with Gasteiger partial charge in [0.15, 0.2) is 11.6 Å². The zero-order valence-electron chi connectivity index (χ0n) is 20.8. The number of rotatable bonds is 8. The van der Waals surface area contributed by atoms with Crippen molar-refractivity contribution < 1.29 is 9.59 Å². The second-order valence-electron chi connectivity index (χ2n) is 9.33. The van der Waals surface area contributed by atoms with E-state index < -0.39 is 0 Å². The number of anilines is 2. The molecule has 0 unspecified atom stereocenters. The standard InChI is InChI=1S/C28H28N8O2/c37-27(17-21-5-1-3-15-29-21)31-25-13-11-23(33-35-25)19-7-9-20(10-8-19)24-12-14-26(36-34-24)32-28(38)18-22-6-2-4-16-30-22/h1-6,11-16,19-20H,7-10,17-18H2,(H,31,35,37)(H,32,36,38). The predicted molar refractivity (Wildman–Crippen MR) is 141 cm³/mol. The van der Waals surface area contributed by atoms with Crippen LogP contribution in [0.4, 0.5) is 11.6 Å². The van der Waals surface area contributed by atoms with Gasteiger partial charge in [0.25, 0.3) is 0 Å². The van der Waals surface area contributed by atoms with Gasteiger partial charge >= 0.3 is 0 Å². The lowest BCUT2D eigenvalue weighted by molar-refractivity contribution is -0.116. The molecule has 0 saturated heterocycles. The van der Waals surface area contributed by atoms with Crippen molar-refractivity contribution >= 4 is 23.5 Å². The first-order chi connectivity index (χ1) is 18.6. The minimum absolute atomic E-state index is 0.175. The lowest BCUT2D eigenvalue weighted by Crippen LogP contribution is -2.18. The summed E-state index contributed by atoms with van der Waals surface area (Å²) in [5, 5.41) is 22.7. The van der Waals surface area contributed by atoms with Gasteiger partial charge in [0.2, 0.25) is 11.8 Å². The van der Waals surface area contributed by atoms with E-state index >= 15 is 0 Å². The van der Waals surface area contributed by atoms with E-state index in [0.717, 1.165) is 37.1 Å². The number of hydrogen-bond donors (Lipinski definition) is 2. The van der Waals surface area contributed by atoms with Crippen molar-refractivity contribution in [1.82, 2.24) is 30.4 Å². The average molecular weight is 509 g/mol. The van der Waals surface area contributed by atoms with E-state index in [4.69, 9.17) is 0 Å². The monoisotopic (exact) mass is 508 g/mol. The summed E-state index contributed by atoms with van der Waals surface area (Å²) in [5.74, 6) is 1.15. The molecule has 4 aromatic heterocycles. The van der Waals surface area contributed by atoms with Crippen LogP contribution in [0, 0.1) is 0 Å². The van der Waals surface area contributed by atoms with Gasteiger partial charge in [0.1, 0.15) is 0 Å². The van der Waals surface area contributed by atoms with Crippen LogP contribution < -0.4 is 10.6 Å². The quantitative estimate of drug-likeness (QED) is 0.366. The first-order valence-corrected chi connectivity index (χ1v) is 12.7. The van der Waals surface area contributed by atoms with E-state index in [1.807, 2.05) is 48.5 Å². The number of carbonyl (C=O) groups excluding carboxylic acids is 2. The summed E-state index contributed by atoms with van der Waals surface area (Å²) in [6.07, 6.45) is 7.58. The molecule has 192 valence electrons. The topological polar surface area (TPSA) is 136 Å². The maximum absolute atomic E-state index is 12.2. The van der Waals surface area contributed by atoms with E-state index in [9.17, 15) is 9.59 Å². The number of aromatic nitrogens is 6. The Labute approximate surface area is 220 Å². The fourth-order valence-electron chi connectivity index (χ4n) is 4.65. The zero-order chi connectivity index (χ0) is 26.2. The van der Waals surface area contributed by atoms with Crippen molar-refractivity contribution in [1.29, 1.82) is 0 Å². The van der Waals surface area contributed by atoms with Gasteiger partial charge in [-0.05, 0) is 74.2 Å². The van der Waals surface area contributed by atoms with Gasteiger partial charge in [0.05, 0.1) is 24.2 Å². The third kappa shape index (κ3) is 6.78. The molecule has 4 aromatic rings. The van der Waals surface area contributed by atoms with Crippen LogP contribution in [0.25, 0.3) is 0 Å². The molecule has 1 aliphatic rings. The lowest BCUT2D eigenvalue weighted by atomic mass is 9.79. The molecule has 10 heteroatoms. The van der Waals surface area contributed by atoms with Crippen molar-refractivity contribution in [3.63, 3.8) is 0 Å². The smallest absolute Gasteiger partial charge is 0.231 e. The third-order valence-electron chi connectivity index (χ3n) is 6.60. The van der Waals surface area contributed by atoms with Gasteiger partial charge in [-0.3, -0.25) is 19.6 Å². The predicted octanol–water partition coefficient (Wildman–Crippen LogP) is 3.86. The SMILES string of the molecule is O=C(Cc1ccccn1)Nc1ccc(C2CCC(c3ccc(NC(=O)Cc4ccccn4)nn3)CC2)nn1. The molecule has 38 heavy (non-hydrogen) atoms.